The van der Waals surface area contributed by atoms with Crippen LogP contribution in [0.4, 0.5) is 10.5 Å². The number of urea groups is 1. The standard InChI is InChI=1S/C33H38N6O4/c1-4-17-37-23-31(41)38-29(19-24-13-15-28(40)16-14-24)32(42)36(21-26-11-8-12-27(18-26)35(2)3)22-30(38)39(37)33(43)34-20-25-9-6-5-7-10-25/h4-16,18,29-30,40H,1,17,19-23H2,2-3H3,(H,34,43)/t29-,30+/m0/s1. The molecule has 0 aliphatic carbocycles. The average Bonchev–Trinajstić information content (AvgIpc) is 3.00. The van der Waals surface area contributed by atoms with Gasteiger partial charge in [0.15, 0.2) is 0 Å². The molecule has 2 fully saturated rings. The monoisotopic (exact) mass is 582 g/mol. The highest BCUT2D eigenvalue weighted by Gasteiger charge is 2.51. The van der Waals surface area contributed by atoms with E-state index >= 15 is 0 Å². The van der Waals surface area contributed by atoms with Gasteiger partial charge in [0.2, 0.25) is 11.8 Å². The van der Waals surface area contributed by atoms with E-state index in [0.717, 1.165) is 22.4 Å². The normalized spacial score (nSPS) is 18.8. The van der Waals surface area contributed by atoms with Crippen molar-refractivity contribution in [3.05, 3.63) is 108 Å². The van der Waals surface area contributed by atoms with Gasteiger partial charge in [0, 0.05) is 45.8 Å². The molecule has 2 saturated heterocycles. The lowest BCUT2D eigenvalue weighted by molar-refractivity contribution is -0.189. The number of rotatable bonds is 9. The molecule has 5 rings (SSSR count). The van der Waals surface area contributed by atoms with Crippen molar-refractivity contribution in [3.63, 3.8) is 0 Å². The smallest absolute Gasteiger partial charge is 0.334 e. The molecule has 43 heavy (non-hydrogen) atoms. The maximum atomic E-state index is 14.1. The summed E-state index contributed by atoms with van der Waals surface area (Å²) in [6.45, 7) is 4.85. The van der Waals surface area contributed by atoms with Crippen LogP contribution < -0.4 is 10.2 Å². The number of amides is 4. The number of carbonyl (C=O) groups is 3. The zero-order chi connectivity index (χ0) is 30.5. The van der Waals surface area contributed by atoms with Crippen molar-refractivity contribution in [2.24, 2.45) is 0 Å². The van der Waals surface area contributed by atoms with Crippen molar-refractivity contribution in [1.82, 2.24) is 25.1 Å². The fourth-order valence-electron chi connectivity index (χ4n) is 5.71. The van der Waals surface area contributed by atoms with Gasteiger partial charge in [-0.25, -0.2) is 14.8 Å². The first kappa shape index (κ1) is 29.7. The lowest BCUT2D eigenvalue weighted by atomic mass is 9.98. The van der Waals surface area contributed by atoms with Gasteiger partial charge < -0.3 is 25.1 Å². The Morgan fingerprint density at radius 2 is 1.72 bits per heavy atom. The van der Waals surface area contributed by atoms with Crippen LogP contribution in [-0.2, 0) is 29.1 Å². The summed E-state index contributed by atoms with van der Waals surface area (Å²) in [4.78, 5) is 47.0. The summed E-state index contributed by atoms with van der Waals surface area (Å²) < 4.78 is 0. The number of hydrogen-bond donors (Lipinski definition) is 2. The topological polar surface area (TPSA) is 99.7 Å². The minimum atomic E-state index is -0.830. The van der Waals surface area contributed by atoms with Crippen molar-refractivity contribution in [2.45, 2.75) is 31.7 Å². The van der Waals surface area contributed by atoms with Gasteiger partial charge in [-0.2, -0.15) is 0 Å². The van der Waals surface area contributed by atoms with Crippen LogP contribution in [0.15, 0.2) is 91.5 Å². The van der Waals surface area contributed by atoms with Crippen molar-refractivity contribution in [3.8, 4) is 5.75 Å². The summed E-state index contributed by atoms with van der Waals surface area (Å²) in [7, 11) is 3.93. The Labute approximate surface area is 252 Å². The number of fused-ring (bicyclic) bond motifs is 1. The lowest BCUT2D eigenvalue weighted by Crippen LogP contribution is -2.76. The van der Waals surface area contributed by atoms with E-state index in [-0.39, 0.29) is 49.7 Å². The third-order valence-electron chi connectivity index (χ3n) is 7.83. The highest BCUT2D eigenvalue weighted by Crippen LogP contribution is 2.30. The summed E-state index contributed by atoms with van der Waals surface area (Å²) in [5, 5.41) is 16.1. The minimum Gasteiger partial charge on any atom is -0.508 e. The first-order valence-electron chi connectivity index (χ1n) is 14.4. The molecule has 3 aromatic rings. The Morgan fingerprint density at radius 1 is 1.00 bits per heavy atom. The van der Waals surface area contributed by atoms with E-state index in [9.17, 15) is 19.5 Å². The van der Waals surface area contributed by atoms with Crippen LogP contribution in [0.3, 0.4) is 0 Å². The molecule has 2 aliphatic rings. The number of anilines is 1. The van der Waals surface area contributed by atoms with Crippen molar-refractivity contribution >= 4 is 23.5 Å². The molecule has 224 valence electrons. The van der Waals surface area contributed by atoms with Crippen LogP contribution in [0.1, 0.15) is 16.7 Å². The number of phenols is 1. The molecular weight excluding hydrogens is 544 g/mol. The summed E-state index contributed by atoms with van der Waals surface area (Å²) in [5.74, 6) is -0.297. The summed E-state index contributed by atoms with van der Waals surface area (Å²) in [5.41, 5.74) is 3.70. The Balaban J connectivity index is 1.50. The van der Waals surface area contributed by atoms with Gasteiger partial charge in [-0.15, -0.1) is 6.58 Å². The third kappa shape index (κ3) is 6.65. The lowest BCUT2D eigenvalue weighted by Gasteiger charge is -2.55. The molecule has 2 heterocycles. The van der Waals surface area contributed by atoms with E-state index in [1.54, 1.807) is 50.2 Å². The highest BCUT2D eigenvalue weighted by atomic mass is 16.3. The number of hydrazine groups is 1. The van der Waals surface area contributed by atoms with Gasteiger partial charge in [0.1, 0.15) is 18.0 Å². The minimum absolute atomic E-state index is 0.0640. The Kier molecular flexibility index (Phi) is 8.96. The molecule has 0 radical (unpaired) electrons. The molecule has 0 spiro atoms. The van der Waals surface area contributed by atoms with Crippen molar-refractivity contribution < 1.29 is 19.5 Å². The molecule has 2 atom stereocenters. The van der Waals surface area contributed by atoms with E-state index in [2.05, 4.69) is 11.9 Å². The molecular formula is C33H38N6O4. The molecule has 3 aromatic carbocycles. The largest absolute Gasteiger partial charge is 0.508 e. The fourth-order valence-corrected chi connectivity index (χ4v) is 5.71. The number of nitrogens with zero attached hydrogens (tertiary/aromatic N) is 5. The van der Waals surface area contributed by atoms with Crippen LogP contribution in [-0.4, -0.2) is 88.7 Å². The van der Waals surface area contributed by atoms with Crippen LogP contribution in [0.25, 0.3) is 0 Å². The SMILES string of the molecule is C=CCN1CC(=O)N2[C@@H](CN(Cc3cccc(N(C)C)c3)C(=O)[C@@H]2Cc2ccc(O)cc2)N1C(=O)NCc1ccccc1. The van der Waals surface area contributed by atoms with Crippen LogP contribution in [0.5, 0.6) is 5.75 Å². The highest BCUT2D eigenvalue weighted by molar-refractivity contribution is 5.91. The van der Waals surface area contributed by atoms with Crippen LogP contribution in [0, 0.1) is 0 Å². The van der Waals surface area contributed by atoms with Crippen molar-refractivity contribution in [2.75, 3.05) is 38.6 Å². The molecule has 0 saturated carbocycles. The number of nitrogens with one attached hydrogen (secondary N) is 1. The van der Waals surface area contributed by atoms with E-state index in [0.29, 0.717) is 13.1 Å². The molecule has 10 nitrogen and oxygen atoms in total. The fraction of sp³-hybridized carbons (Fsp3) is 0.303. The maximum Gasteiger partial charge on any atom is 0.334 e. The van der Waals surface area contributed by atoms with Gasteiger partial charge in [-0.1, -0.05) is 60.7 Å². The quantitative estimate of drug-likeness (QED) is 0.376. The van der Waals surface area contributed by atoms with Gasteiger partial charge >= 0.3 is 6.03 Å². The first-order chi connectivity index (χ1) is 20.7. The van der Waals surface area contributed by atoms with E-state index in [1.165, 1.54) is 0 Å². The maximum absolute atomic E-state index is 14.1. The molecule has 0 unspecified atom stereocenters. The predicted octanol–water partition coefficient (Wildman–Crippen LogP) is 3.19. The molecule has 2 aliphatic heterocycles. The summed E-state index contributed by atoms with van der Waals surface area (Å²) in [6, 6.07) is 23.0. The van der Waals surface area contributed by atoms with Gasteiger partial charge in [0.25, 0.3) is 0 Å². The second-order valence-electron chi connectivity index (χ2n) is 11.1. The second-order valence-corrected chi connectivity index (χ2v) is 11.1. The third-order valence-corrected chi connectivity index (χ3v) is 7.83. The number of piperazine rings is 1. The number of benzene rings is 3. The first-order valence-corrected chi connectivity index (χ1v) is 14.4. The van der Waals surface area contributed by atoms with E-state index < -0.39 is 12.2 Å². The number of hydrogen-bond acceptors (Lipinski definition) is 6. The molecule has 0 bridgehead atoms. The number of aromatic hydroxyl groups is 1. The zero-order valence-corrected chi connectivity index (χ0v) is 24.6. The Hall–Kier alpha value is -4.83. The molecule has 2 N–H and O–H groups in total. The molecule has 0 aromatic heterocycles. The van der Waals surface area contributed by atoms with Gasteiger partial charge in [0.05, 0.1) is 13.1 Å². The molecule has 10 heteroatoms. The number of carbonyl (C=O) groups excluding carboxylic acids is 3. The van der Waals surface area contributed by atoms with Gasteiger partial charge in [-0.05, 0) is 41.0 Å². The predicted molar refractivity (Wildman–Crippen MR) is 165 cm³/mol. The van der Waals surface area contributed by atoms with Crippen molar-refractivity contribution in [1.29, 1.82) is 0 Å². The van der Waals surface area contributed by atoms with E-state index in [1.807, 2.05) is 73.6 Å². The number of phenolic OH excluding ortho intramolecular Hbond substituents is 1. The molecule has 4 amide bonds. The van der Waals surface area contributed by atoms with Crippen LogP contribution >= 0.6 is 0 Å². The van der Waals surface area contributed by atoms with E-state index in [4.69, 9.17) is 0 Å². The summed E-state index contributed by atoms with van der Waals surface area (Å²) in [6.07, 6.45) is 1.18. The Bertz CT molecular complexity index is 1460. The Morgan fingerprint density at radius 3 is 2.42 bits per heavy atom. The zero-order valence-electron chi connectivity index (χ0n) is 24.6. The van der Waals surface area contributed by atoms with Crippen LogP contribution in [0.2, 0.25) is 0 Å². The van der Waals surface area contributed by atoms with Gasteiger partial charge in [-0.3, -0.25) is 9.59 Å². The average molecular weight is 583 g/mol. The second kappa shape index (κ2) is 13.0. The summed E-state index contributed by atoms with van der Waals surface area (Å²) >= 11 is 0.